The number of anilines is 2. The van der Waals surface area contributed by atoms with E-state index in [9.17, 15) is 5.11 Å². The van der Waals surface area contributed by atoms with E-state index in [0.717, 1.165) is 50.0 Å². The summed E-state index contributed by atoms with van der Waals surface area (Å²) in [6.07, 6.45) is 7.54. The molecule has 0 aromatic carbocycles. The van der Waals surface area contributed by atoms with Gasteiger partial charge in [0, 0.05) is 18.0 Å². The minimum atomic E-state index is -0.185. The molecule has 1 heterocycles. The van der Waals surface area contributed by atoms with Gasteiger partial charge in [0.2, 0.25) is 0 Å². The van der Waals surface area contributed by atoms with Crippen LogP contribution in [0.5, 0.6) is 0 Å². The Balaban J connectivity index is 2.00. The summed E-state index contributed by atoms with van der Waals surface area (Å²) < 4.78 is 0. The van der Waals surface area contributed by atoms with Crippen LogP contribution in [0.4, 0.5) is 11.6 Å². The van der Waals surface area contributed by atoms with E-state index in [1.807, 2.05) is 0 Å². The summed E-state index contributed by atoms with van der Waals surface area (Å²) in [5.41, 5.74) is 6.90. The fourth-order valence-corrected chi connectivity index (χ4v) is 2.73. The van der Waals surface area contributed by atoms with Crippen molar-refractivity contribution in [3.8, 4) is 0 Å². The van der Waals surface area contributed by atoms with Crippen LogP contribution in [0, 0.1) is 5.92 Å². The van der Waals surface area contributed by atoms with Crippen molar-refractivity contribution >= 4 is 11.6 Å². The molecule has 0 spiro atoms. The van der Waals surface area contributed by atoms with Gasteiger partial charge in [-0.3, -0.25) is 0 Å². The zero-order chi connectivity index (χ0) is 13.7. The first-order chi connectivity index (χ1) is 9.22. The second-order valence-electron chi connectivity index (χ2n) is 5.33. The van der Waals surface area contributed by atoms with E-state index in [1.165, 1.54) is 12.7 Å². The third kappa shape index (κ3) is 3.56. The standard InChI is InChI=1S/C14H24N4O/c1-2-5-11-13(15)17-9-18-14(11)16-8-10-6-3-4-7-12(10)19/h9-10,12,19H,2-8H2,1H3,(H3,15,16,17,18). The number of rotatable bonds is 5. The topological polar surface area (TPSA) is 84.1 Å². The Morgan fingerprint density at radius 2 is 2.16 bits per heavy atom. The molecule has 4 N–H and O–H groups in total. The third-order valence-electron chi connectivity index (χ3n) is 3.88. The molecule has 19 heavy (non-hydrogen) atoms. The Bertz CT molecular complexity index is 410. The number of nitrogens with zero attached hydrogens (tertiary/aromatic N) is 2. The molecule has 1 aromatic rings. The van der Waals surface area contributed by atoms with Crippen molar-refractivity contribution in [1.29, 1.82) is 0 Å². The maximum Gasteiger partial charge on any atom is 0.134 e. The largest absolute Gasteiger partial charge is 0.393 e. The van der Waals surface area contributed by atoms with Gasteiger partial charge in [0.25, 0.3) is 0 Å². The highest BCUT2D eigenvalue weighted by molar-refractivity contribution is 5.54. The van der Waals surface area contributed by atoms with Gasteiger partial charge < -0.3 is 16.2 Å². The van der Waals surface area contributed by atoms with Crippen LogP contribution in [0.1, 0.15) is 44.6 Å². The number of hydrogen-bond acceptors (Lipinski definition) is 5. The average molecular weight is 264 g/mol. The first kappa shape index (κ1) is 14.1. The van der Waals surface area contributed by atoms with Crippen molar-refractivity contribution in [2.24, 2.45) is 5.92 Å². The van der Waals surface area contributed by atoms with E-state index < -0.39 is 0 Å². The Hall–Kier alpha value is -1.36. The van der Waals surface area contributed by atoms with E-state index in [-0.39, 0.29) is 6.10 Å². The summed E-state index contributed by atoms with van der Waals surface area (Å²) >= 11 is 0. The molecule has 106 valence electrons. The quantitative estimate of drug-likeness (QED) is 0.757. The fourth-order valence-electron chi connectivity index (χ4n) is 2.73. The van der Waals surface area contributed by atoms with E-state index in [2.05, 4.69) is 22.2 Å². The number of nitrogen functional groups attached to an aromatic ring is 1. The molecule has 1 aromatic heterocycles. The van der Waals surface area contributed by atoms with Crippen molar-refractivity contribution in [2.75, 3.05) is 17.6 Å². The lowest BCUT2D eigenvalue weighted by Gasteiger charge is -2.28. The molecule has 0 aliphatic heterocycles. The molecular weight excluding hydrogens is 240 g/mol. The molecule has 0 radical (unpaired) electrons. The maximum atomic E-state index is 9.98. The number of hydrogen-bond donors (Lipinski definition) is 3. The van der Waals surface area contributed by atoms with Gasteiger partial charge in [-0.2, -0.15) is 0 Å². The van der Waals surface area contributed by atoms with Crippen LogP contribution in [0.15, 0.2) is 6.33 Å². The molecule has 0 bridgehead atoms. The first-order valence-corrected chi connectivity index (χ1v) is 7.23. The van der Waals surface area contributed by atoms with E-state index in [0.29, 0.717) is 11.7 Å². The van der Waals surface area contributed by atoms with Gasteiger partial charge in [0.05, 0.1) is 6.10 Å². The lowest BCUT2D eigenvalue weighted by Crippen LogP contribution is -2.30. The molecule has 2 unspecified atom stereocenters. The Morgan fingerprint density at radius 3 is 2.89 bits per heavy atom. The van der Waals surface area contributed by atoms with E-state index in [1.54, 1.807) is 0 Å². The predicted molar refractivity (Wildman–Crippen MR) is 76.9 cm³/mol. The number of aliphatic hydroxyl groups is 1. The summed E-state index contributed by atoms with van der Waals surface area (Å²) in [7, 11) is 0. The predicted octanol–water partition coefficient (Wildman–Crippen LogP) is 1.97. The van der Waals surface area contributed by atoms with Crippen LogP contribution in [-0.4, -0.2) is 27.7 Å². The number of aromatic nitrogens is 2. The fraction of sp³-hybridized carbons (Fsp3) is 0.714. The van der Waals surface area contributed by atoms with Gasteiger partial charge >= 0.3 is 0 Å². The molecule has 0 amide bonds. The van der Waals surface area contributed by atoms with Gasteiger partial charge in [0.15, 0.2) is 0 Å². The SMILES string of the molecule is CCCc1c(N)ncnc1NCC1CCCCC1O. The first-order valence-electron chi connectivity index (χ1n) is 7.23. The zero-order valence-electron chi connectivity index (χ0n) is 11.6. The number of nitrogens with one attached hydrogen (secondary N) is 1. The van der Waals surface area contributed by atoms with Crippen LogP contribution >= 0.6 is 0 Å². The molecule has 1 aliphatic carbocycles. The van der Waals surface area contributed by atoms with Crippen LogP contribution in [0.25, 0.3) is 0 Å². The summed E-state index contributed by atoms with van der Waals surface area (Å²) in [6, 6.07) is 0. The van der Waals surface area contributed by atoms with Crippen LogP contribution < -0.4 is 11.1 Å². The third-order valence-corrected chi connectivity index (χ3v) is 3.88. The monoisotopic (exact) mass is 264 g/mol. The maximum absolute atomic E-state index is 9.98. The molecule has 5 heteroatoms. The van der Waals surface area contributed by atoms with Crippen molar-refractivity contribution in [3.63, 3.8) is 0 Å². The van der Waals surface area contributed by atoms with Gasteiger partial charge in [-0.25, -0.2) is 9.97 Å². The second-order valence-corrected chi connectivity index (χ2v) is 5.33. The van der Waals surface area contributed by atoms with E-state index >= 15 is 0 Å². The van der Waals surface area contributed by atoms with Crippen molar-refractivity contribution in [3.05, 3.63) is 11.9 Å². The molecular formula is C14H24N4O. The summed E-state index contributed by atoms with van der Waals surface area (Å²) in [5.74, 6) is 1.70. The van der Waals surface area contributed by atoms with E-state index in [4.69, 9.17) is 5.73 Å². The zero-order valence-corrected chi connectivity index (χ0v) is 11.6. The smallest absolute Gasteiger partial charge is 0.134 e. The number of nitrogens with two attached hydrogens (primary N) is 1. The highest BCUT2D eigenvalue weighted by Gasteiger charge is 2.23. The molecule has 1 fully saturated rings. The van der Waals surface area contributed by atoms with Crippen LogP contribution in [-0.2, 0) is 6.42 Å². The van der Waals surface area contributed by atoms with Gasteiger partial charge in [-0.15, -0.1) is 0 Å². The van der Waals surface area contributed by atoms with Crippen molar-refractivity contribution < 1.29 is 5.11 Å². The van der Waals surface area contributed by atoms with Gasteiger partial charge in [0.1, 0.15) is 18.0 Å². The Kier molecular flexibility index (Phi) is 4.96. The average Bonchev–Trinajstić information content (AvgIpc) is 2.41. The minimum absolute atomic E-state index is 0.185. The Morgan fingerprint density at radius 1 is 1.37 bits per heavy atom. The molecule has 2 rings (SSSR count). The molecule has 0 saturated heterocycles. The number of aliphatic hydroxyl groups excluding tert-OH is 1. The van der Waals surface area contributed by atoms with Crippen LogP contribution in [0.2, 0.25) is 0 Å². The second kappa shape index (κ2) is 6.70. The molecule has 2 atom stereocenters. The summed E-state index contributed by atoms with van der Waals surface area (Å²) in [6.45, 7) is 2.87. The lowest BCUT2D eigenvalue weighted by atomic mass is 9.86. The van der Waals surface area contributed by atoms with Gasteiger partial charge in [-0.05, 0) is 19.3 Å². The van der Waals surface area contributed by atoms with Crippen molar-refractivity contribution in [2.45, 2.75) is 51.6 Å². The normalized spacial score (nSPS) is 23.3. The molecule has 1 saturated carbocycles. The summed E-state index contributed by atoms with van der Waals surface area (Å²) in [4.78, 5) is 8.33. The minimum Gasteiger partial charge on any atom is -0.393 e. The highest BCUT2D eigenvalue weighted by atomic mass is 16.3. The lowest BCUT2D eigenvalue weighted by molar-refractivity contribution is 0.0763. The van der Waals surface area contributed by atoms with Crippen molar-refractivity contribution in [1.82, 2.24) is 9.97 Å². The summed E-state index contributed by atoms with van der Waals surface area (Å²) in [5, 5.41) is 13.3. The highest BCUT2D eigenvalue weighted by Crippen LogP contribution is 2.25. The van der Waals surface area contributed by atoms with Gasteiger partial charge in [-0.1, -0.05) is 26.2 Å². The Labute approximate surface area is 114 Å². The molecule has 5 nitrogen and oxygen atoms in total. The molecule has 1 aliphatic rings. The van der Waals surface area contributed by atoms with Crippen LogP contribution in [0.3, 0.4) is 0 Å².